The van der Waals surface area contributed by atoms with E-state index in [0.29, 0.717) is 6.61 Å². The van der Waals surface area contributed by atoms with Crippen LogP contribution in [-0.2, 0) is 13.2 Å². The maximum atomic E-state index is 6.25. The van der Waals surface area contributed by atoms with Crippen LogP contribution < -0.4 is 9.30 Å². The summed E-state index contributed by atoms with van der Waals surface area (Å²) in [6.07, 6.45) is 2.12. The number of aromatic nitrogens is 2. The first-order valence-electron chi connectivity index (χ1n) is 9.77. The van der Waals surface area contributed by atoms with Gasteiger partial charge in [-0.25, -0.2) is 4.57 Å². The van der Waals surface area contributed by atoms with Gasteiger partial charge in [-0.3, -0.25) is 0 Å². The highest BCUT2D eigenvalue weighted by Gasteiger charge is 2.24. The molecule has 2 aromatic heterocycles. The lowest BCUT2D eigenvalue weighted by atomic mass is 10.1. The van der Waals surface area contributed by atoms with Gasteiger partial charge in [0.25, 0.3) is 0 Å². The van der Waals surface area contributed by atoms with Crippen LogP contribution in [0.5, 0.6) is 5.75 Å². The van der Waals surface area contributed by atoms with Gasteiger partial charge >= 0.3 is 5.65 Å². The van der Waals surface area contributed by atoms with E-state index in [1.807, 2.05) is 18.2 Å². The SMILES string of the molecule is Cc1ccc(C[n+]2c(C)c(C)n3cccc(OCc4ccccc4)c32)cc1C. The van der Waals surface area contributed by atoms with E-state index in [9.17, 15) is 0 Å². The van der Waals surface area contributed by atoms with Crippen molar-refractivity contribution in [3.8, 4) is 5.75 Å². The molecule has 0 aliphatic heterocycles. The molecule has 0 amide bonds. The topological polar surface area (TPSA) is 17.5 Å². The molecule has 3 nitrogen and oxygen atoms in total. The molecule has 28 heavy (non-hydrogen) atoms. The van der Waals surface area contributed by atoms with Crippen LogP contribution in [-0.4, -0.2) is 4.40 Å². The quantitative estimate of drug-likeness (QED) is 0.447. The van der Waals surface area contributed by atoms with Gasteiger partial charge in [-0.1, -0.05) is 48.5 Å². The lowest BCUT2D eigenvalue weighted by Gasteiger charge is -2.08. The van der Waals surface area contributed by atoms with Gasteiger partial charge in [-0.05, 0) is 48.2 Å². The van der Waals surface area contributed by atoms with E-state index in [1.54, 1.807) is 0 Å². The maximum Gasteiger partial charge on any atom is 0.329 e. The van der Waals surface area contributed by atoms with Crippen molar-refractivity contribution in [2.75, 3.05) is 0 Å². The highest BCUT2D eigenvalue weighted by atomic mass is 16.5. The summed E-state index contributed by atoms with van der Waals surface area (Å²) in [6.45, 7) is 10.1. The molecular formula is C25H27N2O+. The first-order chi connectivity index (χ1) is 13.5. The van der Waals surface area contributed by atoms with Gasteiger partial charge < -0.3 is 4.74 Å². The second-order valence-electron chi connectivity index (χ2n) is 7.52. The van der Waals surface area contributed by atoms with E-state index in [4.69, 9.17) is 4.74 Å². The molecule has 0 saturated heterocycles. The van der Waals surface area contributed by atoms with E-state index in [2.05, 4.69) is 85.3 Å². The number of aryl methyl sites for hydroxylation is 3. The van der Waals surface area contributed by atoms with Crippen LogP contribution in [0.25, 0.3) is 5.65 Å². The first kappa shape index (κ1) is 18.3. The minimum absolute atomic E-state index is 0.563. The van der Waals surface area contributed by atoms with Gasteiger partial charge in [0.2, 0.25) is 5.75 Å². The van der Waals surface area contributed by atoms with Crippen LogP contribution in [0.4, 0.5) is 0 Å². The van der Waals surface area contributed by atoms with Crippen LogP contribution in [0.3, 0.4) is 0 Å². The van der Waals surface area contributed by atoms with Gasteiger partial charge in [-0.2, -0.15) is 4.40 Å². The number of rotatable bonds is 5. The van der Waals surface area contributed by atoms with Gasteiger partial charge in [0, 0.05) is 13.8 Å². The van der Waals surface area contributed by atoms with E-state index in [0.717, 1.165) is 17.9 Å². The van der Waals surface area contributed by atoms with Crippen molar-refractivity contribution in [3.63, 3.8) is 0 Å². The molecule has 4 aromatic rings. The average molecular weight is 372 g/mol. The minimum atomic E-state index is 0.563. The second-order valence-corrected chi connectivity index (χ2v) is 7.52. The number of benzene rings is 2. The lowest BCUT2D eigenvalue weighted by Crippen LogP contribution is -2.36. The summed E-state index contributed by atoms with van der Waals surface area (Å²) >= 11 is 0. The molecule has 4 rings (SSSR count). The molecule has 0 unspecified atom stereocenters. The molecule has 3 heteroatoms. The number of ether oxygens (including phenoxy) is 1. The summed E-state index contributed by atoms with van der Waals surface area (Å²) in [5, 5.41) is 0. The molecule has 0 fully saturated rings. The van der Waals surface area contributed by atoms with E-state index in [-0.39, 0.29) is 0 Å². The van der Waals surface area contributed by atoms with Gasteiger partial charge in [-0.15, -0.1) is 0 Å². The molecule has 0 aliphatic carbocycles. The Kier molecular flexibility index (Phi) is 4.91. The zero-order chi connectivity index (χ0) is 19.7. The van der Waals surface area contributed by atoms with Crippen molar-refractivity contribution in [3.05, 3.63) is 101 Å². The number of nitrogens with zero attached hydrogens (tertiary/aromatic N) is 2. The number of hydrogen-bond donors (Lipinski definition) is 0. The monoisotopic (exact) mass is 371 g/mol. The summed E-state index contributed by atoms with van der Waals surface area (Å²) in [5.74, 6) is 0.909. The van der Waals surface area contributed by atoms with Crippen molar-refractivity contribution in [1.29, 1.82) is 0 Å². The molecule has 2 heterocycles. The molecule has 142 valence electrons. The Morgan fingerprint density at radius 1 is 0.821 bits per heavy atom. The smallest absolute Gasteiger partial charge is 0.329 e. The van der Waals surface area contributed by atoms with Gasteiger partial charge in [0.1, 0.15) is 24.5 Å². The lowest BCUT2D eigenvalue weighted by molar-refractivity contribution is -0.668. The van der Waals surface area contributed by atoms with Crippen molar-refractivity contribution < 1.29 is 9.30 Å². The van der Waals surface area contributed by atoms with Crippen molar-refractivity contribution >= 4 is 5.65 Å². The van der Waals surface area contributed by atoms with Gasteiger partial charge in [0.15, 0.2) is 0 Å². The standard InChI is InChI=1S/C25H27N2O/c1-18-12-13-23(15-19(18)2)16-27-21(4)20(3)26-14-8-11-24(25(26)27)28-17-22-9-6-5-7-10-22/h5-15H,16-17H2,1-4H3/q+1. The predicted molar refractivity (Wildman–Crippen MR) is 113 cm³/mol. The Labute approximate surface area is 166 Å². The summed E-state index contributed by atoms with van der Waals surface area (Å²) < 4.78 is 10.8. The zero-order valence-electron chi connectivity index (χ0n) is 17.1. The Bertz CT molecular complexity index is 1130. The van der Waals surface area contributed by atoms with Crippen LogP contribution in [0.15, 0.2) is 66.9 Å². The largest absolute Gasteiger partial charge is 0.481 e. The molecule has 0 atom stereocenters. The molecule has 0 radical (unpaired) electrons. The fourth-order valence-corrected chi connectivity index (χ4v) is 3.67. The number of fused-ring (bicyclic) bond motifs is 1. The van der Waals surface area contributed by atoms with Gasteiger partial charge in [0.05, 0.1) is 6.20 Å². The molecule has 0 bridgehead atoms. The third-order valence-corrected chi connectivity index (χ3v) is 5.63. The average Bonchev–Trinajstić information content (AvgIpc) is 2.95. The Morgan fingerprint density at radius 2 is 1.61 bits per heavy atom. The Morgan fingerprint density at radius 3 is 2.36 bits per heavy atom. The fourth-order valence-electron chi connectivity index (χ4n) is 3.67. The normalized spacial score (nSPS) is 11.1. The van der Waals surface area contributed by atoms with Crippen LogP contribution in [0.2, 0.25) is 0 Å². The highest BCUT2D eigenvalue weighted by molar-refractivity contribution is 5.51. The first-order valence-corrected chi connectivity index (χ1v) is 9.77. The van der Waals surface area contributed by atoms with E-state index < -0.39 is 0 Å². The number of pyridine rings is 1. The van der Waals surface area contributed by atoms with Crippen LogP contribution in [0.1, 0.15) is 33.6 Å². The van der Waals surface area contributed by atoms with Crippen molar-refractivity contribution in [2.24, 2.45) is 0 Å². The second kappa shape index (κ2) is 7.51. The summed E-state index contributed by atoms with van der Waals surface area (Å²) in [6, 6.07) is 21.1. The van der Waals surface area contributed by atoms with E-state index in [1.165, 1.54) is 33.6 Å². The zero-order valence-corrected chi connectivity index (χ0v) is 17.1. The fraction of sp³-hybridized carbons (Fsp3) is 0.240. The third-order valence-electron chi connectivity index (χ3n) is 5.63. The summed E-state index contributed by atoms with van der Waals surface area (Å²) in [7, 11) is 0. The minimum Gasteiger partial charge on any atom is -0.481 e. The molecular weight excluding hydrogens is 344 g/mol. The summed E-state index contributed by atoms with van der Waals surface area (Å²) in [5.41, 5.74) is 8.74. The third kappa shape index (κ3) is 3.40. The molecule has 0 saturated carbocycles. The Hall–Kier alpha value is -3.07. The molecule has 0 spiro atoms. The van der Waals surface area contributed by atoms with Crippen LogP contribution >= 0.6 is 0 Å². The van der Waals surface area contributed by atoms with Crippen molar-refractivity contribution in [1.82, 2.24) is 4.40 Å². The number of hydrogen-bond acceptors (Lipinski definition) is 1. The van der Waals surface area contributed by atoms with E-state index >= 15 is 0 Å². The highest BCUT2D eigenvalue weighted by Crippen LogP contribution is 2.22. The molecule has 0 N–H and O–H groups in total. The Balaban J connectivity index is 1.75. The summed E-state index contributed by atoms with van der Waals surface area (Å²) in [4.78, 5) is 0. The number of imidazole rings is 1. The molecule has 2 aromatic carbocycles. The predicted octanol–water partition coefficient (Wildman–Crippen LogP) is 5.09. The van der Waals surface area contributed by atoms with Crippen LogP contribution in [0, 0.1) is 27.7 Å². The maximum absolute atomic E-state index is 6.25. The molecule has 0 aliphatic rings. The van der Waals surface area contributed by atoms with Crippen molar-refractivity contribution in [2.45, 2.75) is 40.8 Å².